The van der Waals surface area contributed by atoms with Gasteiger partial charge in [-0.3, -0.25) is 4.79 Å². The third-order valence-electron chi connectivity index (χ3n) is 4.12. The number of nitrogens with one attached hydrogen (secondary N) is 2. The van der Waals surface area contributed by atoms with Crippen molar-refractivity contribution in [1.82, 2.24) is 10.0 Å². The number of carbonyl (C=O) groups excluding carboxylic acids is 2. The normalized spacial score (nSPS) is 12.5. The van der Waals surface area contributed by atoms with Crippen LogP contribution in [-0.4, -0.2) is 40.0 Å². The predicted octanol–water partition coefficient (Wildman–Crippen LogP) is 1.97. The maximum absolute atomic E-state index is 12.4. The molecule has 146 valence electrons. The Morgan fingerprint density at radius 3 is 2.48 bits per heavy atom. The van der Waals surface area contributed by atoms with E-state index in [2.05, 4.69) is 14.8 Å². The molecule has 7 nitrogen and oxygen atoms in total. The summed E-state index contributed by atoms with van der Waals surface area (Å²) >= 11 is 0. The van der Waals surface area contributed by atoms with Crippen molar-refractivity contribution in [2.75, 3.05) is 13.7 Å². The van der Waals surface area contributed by atoms with E-state index in [1.807, 2.05) is 31.2 Å². The zero-order valence-electron chi connectivity index (χ0n) is 15.4. The SMILES string of the molecule is CCCCC(NC(=O)CNS(=O)(=O)c1ccc2ccccc2c1)C(=O)OC. The lowest BCUT2D eigenvalue weighted by Gasteiger charge is -2.16. The summed E-state index contributed by atoms with van der Waals surface area (Å²) in [6.45, 7) is 1.50. The highest BCUT2D eigenvalue weighted by Crippen LogP contribution is 2.18. The fraction of sp³-hybridized carbons (Fsp3) is 0.368. The molecule has 2 aromatic rings. The number of rotatable bonds is 9. The lowest BCUT2D eigenvalue weighted by molar-refractivity contribution is -0.145. The van der Waals surface area contributed by atoms with Crippen molar-refractivity contribution < 1.29 is 22.7 Å². The van der Waals surface area contributed by atoms with Crippen molar-refractivity contribution in [2.24, 2.45) is 0 Å². The van der Waals surface area contributed by atoms with Crippen molar-refractivity contribution in [2.45, 2.75) is 37.1 Å². The van der Waals surface area contributed by atoms with E-state index >= 15 is 0 Å². The predicted molar refractivity (Wildman–Crippen MR) is 103 cm³/mol. The van der Waals surface area contributed by atoms with Gasteiger partial charge in [0.15, 0.2) is 0 Å². The maximum Gasteiger partial charge on any atom is 0.328 e. The minimum Gasteiger partial charge on any atom is -0.467 e. The van der Waals surface area contributed by atoms with Crippen molar-refractivity contribution >= 4 is 32.7 Å². The fourth-order valence-electron chi connectivity index (χ4n) is 2.62. The quantitative estimate of drug-likeness (QED) is 0.635. The number of benzene rings is 2. The van der Waals surface area contributed by atoms with Crippen LogP contribution in [0.5, 0.6) is 0 Å². The summed E-state index contributed by atoms with van der Waals surface area (Å²) in [5, 5.41) is 4.23. The molecular formula is C19H24N2O5S. The van der Waals surface area contributed by atoms with E-state index in [-0.39, 0.29) is 4.90 Å². The Kier molecular flexibility index (Phi) is 7.32. The number of amides is 1. The Hall–Kier alpha value is -2.45. The molecule has 0 aromatic heterocycles. The van der Waals surface area contributed by atoms with E-state index in [0.717, 1.165) is 23.6 Å². The first-order chi connectivity index (χ1) is 12.9. The molecule has 0 saturated carbocycles. The summed E-state index contributed by atoms with van der Waals surface area (Å²) < 4.78 is 31.8. The minimum absolute atomic E-state index is 0.0736. The molecular weight excluding hydrogens is 368 g/mol. The molecule has 0 saturated heterocycles. The molecule has 0 spiro atoms. The summed E-state index contributed by atoms with van der Waals surface area (Å²) in [5.74, 6) is -1.14. The zero-order valence-corrected chi connectivity index (χ0v) is 16.2. The first kappa shape index (κ1) is 20.9. The number of ether oxygens (including phenoxy) is 1. The van der Waals surface area contributed by atoms with Gasteiger partial charge in [-0.25, -0.2) is 17.9 Å². The van der Waals surface area contributed by atoms with Crippen molar-refractivity contribution in [3.8, 4) is 0 Å². The Labute approximate surface area is 159 Å². The van der Waals surface area contributed by atoms with Crippen LogP contribution in [0.1, 0.15) is 26.2 Å². The third kappa shape index (κ3) is 5.77. The van der Waals surface area contributed by atoms with E-state index in [9.17, 15) is 18.0 Å². The van der Waals surface area contributed by atoms with Crippen LogP contribution in [0.15, 0.2) is 47.4 Å². The van der Waals surface area contributed by atoms with E-state index in [4.69, 9.17) is 0 Å². The molecule has 0 radical (unpaired) electrons. The van der Waals surface area contributed by atoms with Gasteiger partial charge in [0.05, 0.1) is 18.6 Å². The summed E-state index contributed by atoms with van der Waals surface area (Å²) in [7, 11) is -2.61. The van der Waals surface area contributed by atoms with Crippen molar-refractivity contribution in [3.05, 3.63) is 42.5 Å². The van der Waals surface area contributed by atoms with Gasteiger partial charge in [0.1, 0.15) is 6.04 Å². The molecule has 2 rings (SSSR count). The number of unbranched alkanes of at least 4 members (excludes halogenated alkanes) is 1. The summed E-state index contributed by atoms with van der Waals surface area (Å²) in [6, 6.07) is 11.4. The number of hydrogen-bond acceptors (Lipinski definition) is 5. The van der Waals surface area contributed by atoms with Gasteiger partial charge >= 0.3 is 5.97 Å². The van der Waals surface area contributed by atoms with Gasteiger partial charge in [-0.15, -0.1) is 0 Å². The molecule has 0 heterocycles. The number of carbonyl (C=O) groups is 2. The lowest BCUT2D eigenvalue weighted by Crippen LogP contribution is -2.45. The van der Waals surface area contributed by atoms with Gasteiger partial charge in [-0.2, -0.15) is 0 Å². The van der Waals surface area contributed by atoms with Crippen LogP contribution in [0.25, 0.3) is 10.8 Å². The summed E-state index contributed by atoms with van der Waals surface area (Å²) in [5.41, 5.74) is 0. The largest absolute Gasteiger partial charge is 0.467 e. The van der Waals surface area contributed by atoms with E-state index < -0.39 is 34.5 Å². The molecule has 0 aliphatic rings. The molecule has 2 aromatic carbocycles. The Balaban J connectivity index is 2.02. The van der Waals surface area contributed by atoms with Crippen LogP contribution in [0.4, 0.5) is 0 Å². The molecule has 1 unspecified atom stereocenters. The summed E-state index contributed by atoms with van der Waals surface area (Å²) in [4.78, 5) is 23.9. The van der Waals surface area contributed by atoms with E-state index in [1.54, 1.807) is 12.1 Å². The van der Waals surface area contributed by atoms with Gasteiger partial charge in [0.2, 0.25) is 15.9 Å². The molecule has 1 atom stereocenters. The summed E-state index contributed by atoms with van der Waals surface area (Å²) in [6.07, 6.45) is 2.03. The van der Waals surface area contributed by atoms with E-state index in [0.29, 0.717) is 6.42 Å². The molecule has 0 fully saturated rings. The number of methoxy groups -OCH3 is 1. The van der Waals surface area contributed by atoms with Gasteiger partial charge in [-0.1, -0.05) is 50.1 Å². The maximum atomic E-state index is 12.4. The number of hydrogen-bond donors (Lipinski definition) is 2. The smallest absolute Gasteiger partial charge is 0.328 e. The Morgan fingerprint density at radius 2 is 1.81 bits per heavy atom. The van der Waals surface area contributed by atoms with Gasteiger partial charge < -0.3 is 10.1 Å². The number of sulfonamides is 1. The van der Waals surface area contributed by atoms with Crippen LogP contribution in [0.3, 0.4) is 0 Å². The number of esters is 1. The topological polar surface area (TPSA) is 102 Å². The average molecular weight is 392 g/mol. The van der Waals surface area contributed by atoms with Crippen LogP contribution >= 0.6 is 0 Å². The zero-order chi connectivity index (χ0) is 19.9. The second kappa shape index (κ2) is 9.48. The molecule has 1 amide bonds. The molecule has 0 bridgehead atoms. The standard InChI is InChI=1S/C19H24N2O5S/c1-3-4-9-17(19(23)26-2)21-18(22)13-20-27(24,25)16-11-10-14-7-5-6-8-15(14)12-16/h5-8,10-12,17,20H,3-4,9,13H2,1-2H3,(H,21,22). The van der Waals surface area contributed by atoms with Gasteiger partial charge in [0.25, 0.3) is 0 Å². The second-order valence-electron chi connectivity index (χ2n) is 6.12. The van der Waals surface area contributed by atoms with Crippen molar-refractivity contribution in [3.63, 3.8) is 0 Å². The van der Waals surface area contributed by atoms with Gasteiger partial charge in [0, 0.05) is 0 Å². The monoisotopic (exact) mass is 392 g/mol. The molecule has 27 heavy (non-hydrogen) atoms. The molecule has 2 N–H and O–H groups in total. The fourth-order valence-corrected chi connectivity index (χ4v) is 3.64. The van der Waals surface area contributed by atoms with Crippen LogP contribution in [0.2, 0.25) is 0 Å². The highest BCUT2D eigenvalue weighted by molar-refractivity contribution is 7.89. The third-order valence-corrected chi connectivity index (χ3v) is 5.52. The molecule has 0 aliphatic heterocycles. The highest BCUT2D eigenvalue weighted by atomic mass is 32.2. The Bertz CT molecular complexity index is 911. The first-order valence-electron chi connectivity index (χ1n) is 8.73. The van der Waals surface area contributed by atoms with Crippen molar-refractivity contribution in [1.29, 1.82) is 0 Å². The first-order valence-corrected chi connectivity index (χ1v) is 10.2. The highest BCUT2D eigenvalue weighted by Gasteiger charge is 2.22. The Morgan fingerprint density at radius 1 is 1.11 bits per heavy atom. The molecule has 8 heteroatoms. The second-order valence-corrected chi connectivity index (χ2v) is 7.89. The molecule has 0 aliphatic carbocycles. The number of fused-ring (bicyclic) bond motifs is 1. The average Bonchev–Trinajstić information content (AvgIpc) is 2.68. The van der Waals surface area contributed by atoms with Crippen LogP contribution < -0.4 is 10.0 Å². The van der Waals surface area contributed by atoms with Crippen LogP contribution in [-0.2, 0) is 24.3 Å². The minimum atomic E-state index is -3.85. The van der Waals surface area contributed by atoms with Crippen LogP contribution in [0, 0.1) is 0 Å². The van der Waals surface area contributed by atoms with Gasteiger partial charge in [-0.05, 0) is 29.3 Å². The van der Waals surface area contributed by atoms with E-state index in [1.165, 1.54) is 13.2 Å². The lowest BCUT2D eigenvalue weighted by atomic mass is 10.1.